The maximum absolute atomic E-state index is 13.7. The minimum atomic E-state index is -1.01. The third-order valence-electron chi connectivity index (χ3n) is 4.68. The lowest BCUT2D eigenvalue weighted by molar-refractivity contribution is 0.0595. The van der Waals surface area contributed by atoms with Crippen molar-refractivity contribution in [3.05, 3.63) is 59.0 Å². The maximum atomic E-state index is 13.7. The molecule has 1 N–H and O–H groups in total. The van der Waals surface area contributed by atoms with Crippen LogP contribution in [0.2, 0.25) is 0 Å². The van der Waals surface area contributed by atoms with Gasteiger partial charge in [-0.3, -0.25) is 9.89 Å². The van der Waals surface area contributed by atoms with Gasteiger partial charge in [-0.25, -0.2) is 4.39 Å². The van der Waals surface area contributed by atoms with Crippen molar-refractivity contribution >= 4 is 5.91 Å². The Morgan fingerprint density at radius 1 is 1.30 bits per heavy atom. The Labute approximate surface area is 153 Å². The van der Waals surface area contributed by atoms with E-state index in [0.29, 0.717) is 30.1 Å². The first-order chi connectivity index (χ1) is 13.0. The average molecular weight is 373 g/mol. The fourth-order valence-corrected chi connectivity index (χ4v) is 3.12. The van der Waals surface area contributed by atoms with Gasteiger partial charge in [0.05, 0.1) is 7.11 Å². The Hall–Kier alpha value is -3.16. The van der Waals surface area contributed by atoms with Crippen LogP contribution in [0.1, 0.15) is 27.7 Å². The van der Waals surface area contributed by atoms with Crippen LogP contribution in [-0.4, -0.2) is 41.2 Å². The Morgan fingerprint density at radius 3 is 2.74 bits per heavy atom. The molecule has 8 heteroatoms. The zero-order valence-electron chi connectivity index (χ0n) is 14.8. The minimum absolute atomic E-state index is 0.0796. The van der Waals surface area contributed by atoms with Crippen molar-refractivity contribution in [1.29, 1.82) is 0 Å². The minimum Gasteiger partial charge on any atom is -0.494 e. The van der Waals surface area contributed by atoms with Crippen molar-refractivity contribution in [2.24, 2.45) is 0 Å². The molecule has 0 atom stereocenters. The van der Waals surface area contributed by atoms with E-state index in [0.717, 1.165) is 11.8 Å². The highest BCUT2D eigenvalue weighted by Crippen LogP contribution is 2.33. The summed E-state index contributed by atoms with van der Waals surface area (Å²) >= 11 is 0. The van der Waals surface area contributed by atoms with E-state index in [-0.39, 0.29) is 23.3 Å². The standard InChI is InChI=1S/C19H17F2N3O3/c1-10-3-4-16(27-10)14-7-15(23-22-14)19(25)24-8-12(9-24)11-5-13(20)18(21)17(6-11)26-2/h3-7,12H,8-9H2,1-2H3,(H,22,23). The number of benzene rings is 1. The molecule has 0 radical (unpaired) electrons. The number of rotatable bonds is 4. The molecule has 1 saturated heterocycles. The third kappa shape index (κ3) is 3.07. The highest BCUT2D eigenvalue weighted by Gasteiger charge is 2.34. The number of aromatic amines is 1. The van der Waals surface area contributed by atoms with Gasteiger partial charge in [-0.2, -0.15) is 9.49 Å². The van der Waals surface area contributed by atoms with Crippen LogP contribution in [-0.2, 0) is 0 Å². The summed E-state index contributed by atoms with van der Waals surface area (Å²) in [6.45, 7) is 2.63. The number of furan rings is 1. The number of methoxy groups -OCH3 is 1. The first kappa shape index (κ1) is 17.3. The molecule has 2 aromatic heterocycles. The van der Waals surface area contributed by atoms with Gasteiger partial charge in [0.1, 0.15) is 11.5 Å². The lowest BCUT2D eigenvalue weighted by atomic mass is 9.91. The van der Waals surface area contributed by atoms with Gasteiger partial charge in [0.2, 0.25) is 5.82 Å². The number of aromatic nitrogens is 2. The molecular weight excluding hydrogens is 356 g/mol. The van der Waals surface area contributed by atoms with E-state index in [4.69, 9.17) is 9.15 Å². The van der Waals surface area contributed by atoms with E-state index in [1.807, 2.05) is 13.0 Å². The molecule has 0 spiro atoms. The predicted octanol–water partition coefficient (Wildman–Crippen LogP) is 3.50. The van der Waals surface area contributed by atoms with Crippen LogP contribution >= 0.6 is 0 Å². The number of carbonyl (C=O) groups is 1. The number of likely N-dealkylation sites (tertiary alicyclic amines) is 1. The molecule has 0 aliphatic carbocycles. The second kappa shape index (κ2) is 6.53. The number of nitrogens with zero attached hydrogens (tertiary/aromatic N) is 2. The van der Waals surface area contributed by atoms with Crippen LogP contribution in [0.3, 0.4) is 0 Å². The molecule has 3 aromatic rings. The van der Waals surface area contributed by atoms with Gasteiger partial charge in [0.25, 0.3) is 5.91 Å². The van der Waals surface area contributed by atoms with Crippen molar-refractivity contribution in [2.75, 3.05) is 20.2 Å². The summed E-state index contributed by atoms with van der Waals surface area (Å²) < 4.78 is 37.6. The number of H-pyrrole nitrogens is 1. The second-order valence-electron chi connectivity index (χ2n) is 6.50. The zero-order chi connectivity index (χ0) is 19.1. The first-order valence-corrected chi connectivity index (χ1v) is 8.40. The van der Waals surface area contributed by atoms with Crippen molar-refractivity contribution in [1.82, 2.24) is 15.1 Å². The molecule has 1 aromatic carbocycles. The molecule has 27 heavy (non-hydrogen) atoms. The highest BCUT2D eigenvalue weighted by molar-refractivity contribution is 5.94. The smallest absolute Gasteiger partial charge is 0.274 e. The topological polar surface area (TPSA) is 71.4 Å². The number of halogens is 2. The van der Waals surface area contributed by atoms with Gasteiger partial charge in [-0.05, 0) is 36.8 Å². The Bertz CT molecular complexity index is 1010. The van der Waals surface area contributed by atoms with E-state index in [2.05, 4.69) is 10.2 Å². The molecule has 4 rings (SSSR count). The van der Waals surface area contributed by atoms with Crippen LogP contribution in [0.15, 0.2) is 34.7 Å². The van der Waals surface area contributed by atoms with Gasteiger partial charge in [-0.1, -0.05) is 0 Å². The summed E-state index contributed by atoms with van der Waals surface area (Å²) in [7, 11) is 1.29. The Morgan fingerprint density at radius 2 is 2.07 bits per heavy atom. The molecule has 0 bridgehead atoms. The van der Waals surface area contributed by atoms with E-state index in [1.165, 1.54) is 13.2 Å². The summed E-state index contributed by atoms with van der Waals surface area (Å²) in [4.78, 5) is 14.2. The fourth-order valence-electron chi connectivity index (χ4n) is 3.12. The summed E-state index contributed by atoms with van der Waals surface area (Å²) in [5, 5.41) is 6.84. The molecule has 1 amide bonds. The number of aryl methyl sites for hydroxylation is 1. The van der Waals surface area contributed by atoms with E-state index in [9.17, 15) is 13.6 Å². The van der Waals surface area contributed by atoms with Gasteiger partial charge in [0.15, 0.2) is 23.0 Å². The Kier molecular flexibility index (Phi) is 4.18. The lowest BCUT2D eigenvalue weighted by Gasteiger charge is -2.39. The molecule has 1 fully saturated rings. The summed E-state index contributed by atoms with van der Waals surface area (Å²) in [6.07, 6.45) is 0. The van der Waals surface area contributed by atoms with E-state index >= 15 is 0 Å². The zero-order valence-corrected chi connectivity index (χ0v) is 14.8. The van der Waals surface area contributed by atoms with Crippen LogP contribution in [0.4, 0.5) is 8.78 Å². The molecule has 6 nitrogen and oxygen atoms in total. The van der Waals surface area contributed by atoms with Gasteiger partial charge >= 0.3 is 0 Å². The van der Waals surface area contributed by atoms with Crippen LogP contribution in [0.25, 0.3) is 11.5 Å². The molecule has 3 heterocycles. The normalized spacial score (nSPS) is 14.3. The van der Waals surface area contributed by atoms with Crippen molar-refractivity contribution in [3.8, 4) is 17.2 Å². The summed E-state index contributed by atoms with van der Waals surface area (Å²) in [5.74, 6) is -1.05. The number of ether oxygens (including phenoxy) is 1. The van der Waals surface area contributed by atoms with Crippen molar-refractivity contribution in [2.45, 2.75) is 12.8 Å². The molecular formula is C19H17F2N3O3. The van der Waals surface area contributed by atoms with Crippen LogP contribution < -0.4 is 4.74 Å². The molecule has 0 unspecified atom stereocenters. The number of nitrogens with one attached hydrogen (secondary N) is 1. The molecule has 140 valence electrons. The van der Waals surface area contributed by atoms with Gasteiger partial charge < -0.3 is 14.1 Å². The SMILES string of the molecule is COc1cc(C2CN(C(=O)c3cc(-c4ccc(C)o4)[nH]n3)C2)cc(F)c1F. The summed E-state index contributed by atoms with van der Waals surface area (Å²) in [5.41, 5.74) is 1.50. The second-order valence-corrected chi connectivity index (χ2v) is 6.50. The van der Waals surface area contributed by atoms with E-state index < -0.39 is 11.6 Å². The van der Waals surface area contributed by atoms with E-state index in [1.54, 1.807) is 17.0 Å². The van der Waals surface area contributed by atoms with Crippen LogP contribution in [0, 0.1) is 18.6 Å². The van der Waals surface area contributed by atoms with Crippen molar-refractivity contribution in [3.63, 3.8) is 0 Å². The third-order valence-corrected chi connectivity index (χ3v) is 4.68. The maximum Gasteiger partial charge on any atom is 0.274 e. The molecule has 1 aliphatic rings. The number of carbonyl (C=O) groups excluding carboxylic acids is 1. The quantitative estimate of drug-likeness (QED) is 0.760. The fraction of sp³-hybridized carbons (Fsp3) is 0.263. The summed E-state index contributed by atoms with van der Waals surface area (Å²) in [6, 6.07) is 7.88. The van der Waals surface area contributed by atoms with Gasteiger partial charge in [0, 0.05) is 25.1 Å². The largest absolute Gasteiger partial charge is 0.494 e. The molecule has 0 saturated carbocycles. The van der Waals surface area contributed by atoms with Crippen LogP contribution in [0.5, 0.6) is 5.75 Å². The predicted molar refractivity (Wildman–Crippen MR) is 92.6 cm³/mol. The van der Waals surface area contributed by atoms with Crippen molar-refractivity contribution < 1.29 is 22.7 Å². The average Bonchev–Trinajstić information content (AvgIpc) is 3.25. The Balaban J connectivity index is 1.45. The lowest BCUT2D eigenvalue weighted by Crippen LogP contribution is -2.48. The van der Waals surface area contributed by atoms with Gasteiger partial charge in [-0.15, -0.1) is 0 Å². The number of hydrogen-bond acceptors (Lipinski definition) is 4. The molecule has 1 aliphatic heterocycles. The first-order valence-electron chi connectivity index (χ1n) is 8.40. The number of hydrogen-bond donors (Lipinski definition) is 1. The monoisotopic (exact) mass is 373 g/mol. The highest BCUT2D eigenvalue weighted by atomic mass is 19.2. The number of amides is 1.